The summed E-state index contributed by atoms with van der Waals surface area (Å²) in [5.74, 6) is -0.342. The second kappa shape index (κ2) is 10.6. The first kappa shape index (κ1) is 22.3. The predicted octanol–water partition coefficient (Wildman–Crippen LogP) is 1.55. The normalized spacial score (nSPS) is 19.1. The number of likely N-dealkylation sites (tertiary alicyclic amines) is 1. The molecule has 0 aromatic heterocycles. The quantitative estimate of drug-likeness (QED) is 0.427. The van der Waals surface area contributed by atoms with Gasteiger partial charge in [-0.1, -0.05) is 0 Å². The largest absolute Gasteiger partial charge is 0.489 e. The number of carbonyl (C=O) groups excluding carboxylic acids is 1. The Bertz CT molecular complexity index is 747. The van der Waals surface area contributed by atoms with Crippen LogP contribution < -0.4 is 10.1 Å². The number of halogens is 2. The first-order chi connectivity index (χ1) is 14.5. The Labute approximate surface area is 176 Å². The highest BCUT2D eigenvalue weighted by molar-refractivity contribution is 5.82. The molecule has 3 rings (SSSR count). The molecule has 0 aliphatic carbocycles. The summed E-state index contributed by atoms with van der Waals surface area (Å²) < 4.78 is 31.9. The van der Waals surface area contributed by atoms with E-state index in [0.29, 0.717) is 6.54 Å². The number of hydrogen-bond acceptors (Lipinski definition) is 4. The van der Waals surface area contributed by atoms with Crippen LogP contribution in [-0.4, -0.2) is 92.1 Å². The van der Waals surface area contributed by atoms with Crippen LogP contribution in [0.3, 0.4) is 0 Å². The number of benzene rings is 1. The minimum absolute atomic E-state index is 0.0264. The van der Waals surface area contributed by atoms with Gasteiger partial charge in [0.1, 0.15) is 12.4 Å². The van der Waals surface area contributed by atoms with Gasteiger partial charge in [0.05, 0.1) is 12.6 Å². The molecule has 0 saturated carbocycles. The summed E-state index contributed by atoms with van der Waals surface area (Å²) in [4.78, 5) is 23.3. The molecule has 1 amide bonds. The van der Waals surface area contributed by atoms with Crippen LogP contribution in [0, 0.1) is 11.6 Å². The van der Waals surface area contributed by atoms with Gasteiger partial charge in [-0.05, 0) is 31.9 Å². The van der Waals surface area contributed by atoms with E-state index < -0.39 is 11.6 Å². The lowest BCUT2D eigenvalue weighted by molar-refractivity contribution is -0.135. The Morgan fingerprint density at radius 1 is 1.13 bits per heavy atom. The van der Waals surface area contributed by atoms with E-state index in [1.54, 1.807) is 7.05 Å². The van der Waals surface area contributed by atoms with Crippen molar-refractivity contribution in [2.45, 2.75) is 25.8 Å². The topological polar surface area (TPSA) is 60.4 Å². The fourth-order valence-corrected chi connectivity index (χ4v) is 3.93. The van der Waals surface area contributed by atoms with Gasteiger partial charge >= 0.3 is 0 Å². The Morgan fingerprint density at radius 2 is 1.83 bits per heavy atom. The maximum atomic E-state index is 13.6. The van der Waals surface area contributed by atoms with E-state index in [1.165, 1.54) is 12.1 Å². The summed E-state index contributed by atoms with van der Waals surface area (Å²) in [6.45, 7) is 7.53. The lowest BCUT2D eigenvalue weighted by Crippen LogP contribution is -2.57. The van der Waals surface area contributed by atoms with E-state index in [1.807, 2.05) is 11.8 Å². The number of guanidine groups is 1. The molecule has 30 heavy (non-hydrogen) atoms. The lowest BCUT2D eigenvalue weighted by atomic mass is 10.2. The Morgan fingerprint density at radius 3 is 2.47 bits per heavy atom. The third-order valence-electron chi connectivity index (χ3n) is 5.69. The number of ether oxygens (including phenoxy) is 1. The molecule has 2 aliphatic heterocycles. The highest BCUT2D eigenvalue weighted by atomic mass is 19.1. The van der Waals surface area contributed by atoms with Crippen molar-refractivity contribution in [3.05, 3.63) is 29.8 Å². The zero-order valence-electron chi connectivity index (χ0n) is 17.7. The Kier molecular flexibility index (Phi) is 7.84. The molecule has 2 fully saturated rings. The molecule has 7 nitrogen and oxygen atoms in total. The van der Waals surface area contributed by atoms with E-state index >= 15 is 0 Å². The van der Waals surface area contributed by atoms with Crippen molar-refractivity contribution < 1.29 is 18.3 Å². The van der Waals surface area contributed by atoms with Crippen LogP contribution in [0.5, 0.6) is 5.75 Å². The zero-order valence-corrected chi connectivity index (χ0v) is 17.7. The van der Waals surface area contributed by atoms with E-state index in [9.17, 15) is 13.6 Å². The molecule has 1 unspecified atom stereocenters. The summed E-state index contributed by atoms with van der Waals surface area (Å²) in [6.07, 6.45) is 2.21. The first-order valence-electron chi connectivity index (χ1n) is 10.6. The Balaban J connectivity index is 1.40. The summed E-state index contributed by atoms with van der Waals surface area (Å²) in [7, 11) is 1.72. The molecule has 1 atom stereocenters. The van der Waals surface area contributed by atoms with Crippen molar-refractivity contribution in [1.82, 2.24) is 20.0 Å². The van der Waals surface area contributed by atoms with E-state index in [0.717, 1.165) is 64.1 Å². The van der Waals surface area contributed by atoms with Crippen molar-refractivity contribution in [1.29, 1.82) is 0 Å². The minimum Gasteiger partial charge on any atom is -0.489 e. The van der Waals surface area contributed by atoms with Gasteiger partial charge in [0.2, 0.25) is 5.91 Å². The molecule has 0 radical (unpaired) electrons. The summed E-state index contributed by atoms with van der Waals surface area (Å²) in [5, 5.41) is 3.21. The van der Waals surface area contributed by atoms with Crippen LogP contribution in [0.4, 0.5) is 8.78 Å². The van der Waals surface area contributed by atoms with Crippen LogP contribution in [-0.2, 0) is 4.79 Å². The van der Waals surface area contributed by atoms with Gasteiger partial charge in [0, 0.05) is 52.4 Å². The molecule has 166 valence electrons. The lowest BCUT2D eigenvalue weighted by Gasteiger charge is -2.39. The zero-order chi connectivity index (χ0) is 21.5. The number of rotatable bonds is 6. The van der Waals surface area contributed by atoms with Gasteiger partial charge < -0.3 is 19.9 Å². The highest BCUT2D eigenvalue weighted by Gasteiger charge is 2.30. The van der Waals surface area contributed by atoms with Crippen molar-refractivity contribution in [3.63, 3.8) is 0 Å². The minimum atomic E-state index is -0.715. The number of piperazine rings is 1. The van der Waals surface area contributed by atoms with Gasteiger partial charge in [-0.15, -0.1) is 0 Å². The molecule has 9 heteroatoms. The van der Waals surface area contributed by atoms with Gasteiger partial charge in [-0.3, -0.25) is 14.7 Å². The smallest absolute Gasteiger partial charge is 0.239 e. The molecule has 1 aromatic carbocycles. The molecule has 0 spiro atoms. The standard InChI is InChI=1S/C21H31F2N5O2/c1-16(20(29)27-8-3-4-9-27)26-10-12-28(13-11-26)21(24-2)25-7-14-30-19-6-5-17(22)15-18(19)23/h5-6,15-16H,3-4,7-14H2,1-2H3,(H,24,25). The van der Waals surface area contributed by atoms with Gasteiger partial charge in [0.15, 0.2) is 17.5 Å². The van der Waals surface area contributed by atoms with Gasteiger partial charge in [-0.25, -0.2) is 8.78 Å². The number of aliphatic imine (C=N–C) groups is 1. The van der Waals surface area contributed by atoms with Crippen LogP contribution in [0.1, 0.15) is 19.8 Å². The van der Waals surface area contributed by atoms with E-state index in [-0.39, 0.29) is 24.3 Å². The van der Waals surface area contributed by atoms with Crippen LogP contribution >= 0.6 is 0 Å². The van der Waals surface area contributed by atoms with Gasteiger partial charge in [0.25, 0.3) is 0 Å². The SMILES string of the molecule is CN=C(NCCOc1ccc(F)cc1F)N1CCN(C(C)C(=O)N2CCCC2)CC1. The second-order valence-electron chi connectivity index (χ2n) is 7.63. The average Bonchev–Trinajstić information content (AvgIpc) is 3.29. The van der Waals surface area contributed by atoms with E-state index in [2.05, 4.69) is 20.1 Å². The molecule has 1 N–H and O–H groups in total. The van der Waals surface area contributed by atoms with E-state index in [4.69, 9.17) is 4.74 Å². The fourth-order valence-electron chi connectivity index (χ4n) is 3.93. The van der Waals surface area contributed by atoms with Crippen molar-refractivity contribution in [2.75, 3.05) is 59.5 Å². The highest BCUT2D eigenvalue weighted by Crippen LogP contribution is 2.17. The monoisotopic (exact) mass is 423 g/mol. The summed E-state index contributed by atoms with van der Waals surface area (Å²) in [5.41, 5.74) is 0. The van der Waals surface area contributed by atoms with Crippen molar-refractivity contribution in [2.24, 2.45) is 4.99 Å². The fraction of sp³-hybridized carbons (Fsp3) is 0.619. The van der Waals surface area contributed by atoms with Crippen molar-refractivity contribution >= 4 is 11.9 Å². The van der Waals surface area contributed by atoms with Crippen molar-refractivity contribution in [3.8, 4) is 5.75 Å². The number of nitrogens with zero attached hydrogens (tertiary/aromatic N) is 4. The van der Waals surface area contributed by atoms with Crippen LogP contribution in [0.15, 0.2) is 23.2 Å². The molecule has 2 saturated heterocycles. The number of hydrogen-bond donors (Lipinski definition) is 1. The molecule has 1 aromatic rings. The molecule has 0 bridgehead atoms. The second-order valence-corrected chi connectivity index (χ2v) is 7.63. The van der Waals surface area contributed by atoms with Crippen LogP contribution in [0.25, 0.3) is 0 Å². The molecular formula is C21H31F2N5O2. The maximum absolute atomic E-state index is 13.6. The summed E-state index contributed by atoms with van der Waals surface area (Å²) in [6, 6.07) is 3.15. The number of nitrogens with one attached hydrogen (secondary N) is 1. The van der Waals surface area contributed by atoms with Crippen LogP contribution in [0.2, 0.25) is 0 Å². The summed E-state index contributed by atoms with van der Waals surface area (Å²) >= 11 is 0. The predicted molar refractivity (Wildman–Crippen MR) is 112 cm³/mol. The van der Waals surface area contributed by atoms with Gasteiger partial charge in [-0.2, -0.15) is 0 Å². The molecule has 2 heterocycles. The first-order valence-corrected chi connectivity index (χ1v) is 10.6. The average molecular weight is 424 g/mol. The third-order valence-corrected chi connectivity index (χ3v) is 5.69. The number of amides is 1. The molecule has 2 aliphatic rings. The Hall–Kier alpha value is -2.42. The molecular weight excluding hydrogens is 392 g/mol. The maximum Gasteiger partial charge on any atom is 0.239 e. The third kappa shape index (κ3) is 5.59. The number of carbonyl (C=O) groups is 1.